The Bertz CT molecular complexity index is 1070. The Morgan fingerprint density at radius 1 is 0.853 bits per heavy atom. The Morgan fingerprint density at radius 2 is 1.56 bits per heavy atom. The number of unbranched alkanes of at least 4 members (excludes halogenated alkanes) is 3. The predicted octanol–water partition coefficient (Wildman–Crippen LogP) is 7.23. The monoisotopic (exact) mass is 522 g/mol. The zero-order valence-electron chi connectivity index (χ0n) is 19.5. The fourth-order valence-corrected chi connectivity index (χ4v) is 3.84. The van der Waals surface area contributed by atoms with Crippen LogP contribution in [-0.2, 0) is 11.2 Å². The van der Waals surface area contributed by atoms with E-state index in [9.17, 15) is 9.59 Å². The van der Waals surface area contributed by atoms with Crippen LogP contribution in [0.4, 0.5) is 11.4 Å². The van der Waals surface area contributed by atoms with Crippen molar-refractivity contribution in [2.75, 3.05) is 17.2 Å². The van der Waals surface area contributed by atoms with Gasteiger partial charge in [-0.3, -0.25) is 9.59 Å². The van der Waals surface area contributed by atoms with E-state index in [0.717, 1.165) is 22.9 Å². The second-order valence-corrected chi connectivity index (χ2v) is 9.03. The Morgan fingerprint density at radius 3 is 2.26 bits per heavy atom. The smallest absolute Gasteiger partial charge is 0.259 e. The molecule has 178 valence electrons. The van der Waals surface area contributed by atoms with Crippen molar-refractivity contribution in [3.8, 4) is 5.75 Å². The highest BCUT2D eigenvalue weighted by Gasteiger charge is 2.14. The summed E-state index contributed by atoms with van der Waals surface area (Å²) in [5.74, 6) is 0.277. The number of hydrogen-bond donors (Lipinski definition) is 2. The van der Waals surface area contributed by atoms with Crippen LogP contribution in [0.5, 0.6) is 5.75 Å². The van der Waals surface area contributed by atoms with Gasteiger partial charge in [0.1, 0.15) is 5.75 Å². The van der Waals surface area contributed by atoms with E-state index in [2.05, 4.69) is 33.5 Å². The lowest BCUT2D eigenvalue weighted by atomic mass is 10.1. The summed E-state index contributed by atoms with van der Waals surface area (Å²) in [6.45, 7) is 2.76. The normalized spacial score (nSPS) is 10.5. The second kappa shape index (κ2) is 13.6. The van der Waals surface area contributed by atoms with E-state index in [-0.39, 0.29) is 11.8 Å². The molecule has 0 aliphatic rings. The molecule has 0 fully saturated rings. The zero-order valence-corrected chi connectivity index (χ0v) is 21.1. The average molecular weight is 523 g/mol. The summed E-state index contributed by atoms with van der Waals surface area (Å²) in [5.41, 5.74) is 2.94. The number of amides is 2. The SMILES string of the molecule is CCCCCCOc1ccc(Br)cc1C(=O)Nc1ccc(NC(=O)CCc2ccccc2)cc1. The average Bonchev–Trinajstić information content (AvgIpc) is 2.85. The van der Waals surface area contributed by atoms with Gasteiger partial charge in [-0.05, 0) is 60.9 Å². The summed E-state index contributed by atoms with van der Waals surface area (Å²) in [7, 11) is 0. The Kier molecular flexibility index (Phi) is 10.2. The van der Waals surface area contributed by atoms with E-state index >= 15 is 0 Å². The van der Waals surface area contributed by atoms with Gasteiger partial charge in [-0.1, -0.05) is 72.4 Å². The molecule has 3 aromatic rings. The van der Waals surface area contributed by atoms with Crippen LogP contribution >= 0.6 is 15.9 Å². The van der Waals surface area contributed by atoms with Crippen molar-refractivity contribution in [2.24, 2.45) is 0 Å². The third kappa shape index (κ3) is 8.34. The van der Waals surface area contributed by atoms with E-state index in [1.807, 2.05) is 42.5 Å². The molecule has 0 aliphatic heterocycles. The van der Waals surface area contributed by atoms with E-state index in [1.54, 1.807) is 30.3 Å². The van der Waals surface area contributed by atoms with Crippen LogP contribution in [0, 0.1) is 0 Å². The van der Waals surface area contributed by atoms with Gasteiger partial charge >= 0.3 is 0 Å². The molecule has 3 aromatic carbocycles. The van der Waals surface area contributed by atoms with Crippen LogP contribution in [0.1, 0.15) is 54.9 Å². The maximum absolute atomic E-state index is 12.9. The van der Waals surface area contributed by atoms with Gasteiger partial charge in [0.25, 0.3) is 5.91 Å². The summed E-state index contributed by atoms with van der Waals surface area (Å²) >= 11 is 3.44. The van der Waals surface area contributed by atoms with Gasteiger partial charge in [0.15, 0.2) is 0 Å². The number of hydrogen-bond acceptors (Lipinski definition) is 3. The third-order valence-corrected chi connectivity index (χ3v) is 5.85. The van der Waals surface area contributed by atoms with Crippen LogP contribution in [0.25, 0.3) is 0 Å². The molecule has 0 aromatic heterocycles. The molecule has 0 bridgehead atoms. The first-order valence-corrected chi connectivity index (χ1v) is 12.5. The van der Waals surface area contributed by atoms with E-state index in [1.165, 1.54) is 12.8 Å². The standard InChI is InChI=1S/C28H31BrN2O3/c1-2-3-4-8-19-34-26-17-12-22(29)20-25(26)28(33)31-24-15-13-23(14-16-24)30-27(32)18-11-21-9-6-5-7-10-21/h5-7,9-10,12-17,20H,2-4,8,11,18-19H2,1H3,(H,30,32)(H,31,33). The van der Waals surface area contributed by atoms with Gasteiger partial charge in [0, 0.05) is 22.3 Å². The van der Waals surface area contributed by atoms with Crippen molar-refractivity contribution in [1.29, 1.82) is 0 Å². The van der Waals surface area contributed by atoms with Crippen LogP contribution in [-0.4, -0.2) is 18.4 Å². The lowest BCUT2D eigenvalue weighted by Gasteiger charge is -2.13. The first-order valence-electron chi connectivity index (χ1n) is 11.7. The summed E-state index contributed by atoms with van der Waals surface area (Å²) in [6.07, 6.45) is 5.53. The Labute approximate surface area is 210 Å². The van der Waals surface area contributed by atoms with Crippen LogP contribution in [0.3, 0.4) is 0 Å². The number of carbonyl (C=O) groups is 2. The quantitative estimate of drug-likeness (QED) is 0.246. The van der Waals surface area contributed by atoms with Crippen LogP contribution < -0.4 is 15.4 Å². The maximum atomic E-state index is 12.9. The molecule has 3 rings (SSSR count). The molecule has 0 spiro atoms. The highest BCUT2D eigenvalue weighted by atomic mass is 79.9. The van der Waals surface area contributed by atoms with Gasteiger partial charge in [0.2, 0.25) is 5.91 Å². The number of benzene rings is 3. The van der Waals surface area contributed by atoms with Gasteiger partial charge in [0.05, 0.1) is 12.2 Å². The van der Waals surface area contributed by atoms with E-state index in [4.69, 9.17) is 4.74 Å². The number of anilines is 2. The molecule has 0 radical (unpaired) electrons. The van der Waals surface area contributed by atoms with Gasteiger partial charge in [-0.25, -0.2) is 0 Å². The molecule has 2 amide bonds. The molecule has 0 saturated carbocycles. The first kappa shape index (κ1) is 25.5. The summed E-state index contributed by atoms with van der Waals surface area (Å²) < 4.78 is 6.70. The van der Waals surface area contributed by atoms with Gasteiger partial charge < -0.3 is 15.4 Å². The van der Waals surface area contributed by atoms with E-state index < -0.39 is 0 Å². The number of rotatable bonds is 12. The minimum atomic E-state index is -0.246. The van der Waals surface area contributed by atoms with Crippen molar-refractivity contribution in [3.05, 3.63) is 88.4 Å². The van der Waals surface area contributed by atoms with Crippen LogP contribution in [0.2, 0.25) is 0 Å². The van der Waals surface area contributed by atoms with Crippen molar-refractivity contribution in [1.82, 2.24) is 0 Å². The molecule has 0 unspecified atom stereocenters. The summed E-state index contributed by atoms with van der Waals surface area (Å²) in [4.78, 5) is 25.2. The Balaban J connectivity index is 1.54. The molecule has 0 saturated heterocycles. The number of carbonyl (C=O) groups excluding carboxylic acids is 2. The summed E-state index contributed by atoms with van der Waals surface area (Å²) in [6, 6.07) is 22.5. The van der Waals surface area contributed by atoms with Gasteiger partial charge in [-0.2, -0.15) is 0 Å². The Hall–Kier alpha value is -3.12. The fraction of sp³-hybridized carbons (Fsp3) is 0.286. The molecule has 6 heteroatoms. The van der Waals surface area contributed by atoms with Crippen molar-refractivity contribution in [3.63, 3.8) is 0 Å². The lowest BCUT2D eigenvalue weighted by Crippen LogP contribution is -2.15. The number of halogens is 1. The minimum Gasteiger partial charge on any atom is -0.493 e. The van der Waals surface area contributed by atoms with Gasteiger partial charge in [-0.15, -0.1) is 0 Å². The predicted molar refractivity (Wildman–Crippen MR) is 142 cm³/mol. The summed E-state index contributed by atoms with van der Waals surface area (Å²) in [5, 5.41) is 5.81. The van der Waals surface area contributed by atoms with Crippen molar-refractivity contribution < 1.29 is 14.3 Å². The van der Waals surface area contributed by atoms with Crippen molar-refractivity contribution >= 4 is 39.1 Å². The molecular formula is C28H31BrN2O3. The van der Waals surface area contributed by atoms with Crippen molar-refractivity contribution in [2.45, 2.75) is 45.4 Å². The molecule has 0 aliphatic carbocycles. The molecular weight excluding hydrogens is 492 g/mol. The number of nitrogens with one attached hydrogen (secondary N) is 2. The molecule has 2 N–H and O–H groups in total. The zero-order chi connectivity index (χ0) is 24.2. The van der Waals surface area contributed by atoms with E-state index in [0.29, 0.717) is 42.1 Å². The fourth-order valence-electron chi connectivity index (χ4n) is 3.48. The molecule has 5 nitrogen and oxygen atoms in total. The topological polar surface area (TPSA) is 67.4 Å². The highest BCUT2D eigenvalue weighted by Crippen LogP contribution is 2.25. The molecule has 34 heavy (non-hydrogen) atoms. The molecule has 0 heterocycles. The van der Waals surface area contributed by atoms with Crippen LogP contribution in [0.15, 0.2) is 77.3 Å². The number of ether oxygens (including phenoxy) is 1. The first-order chi connectivity index (χ1) is 16.5. The molecule has 0 atom stereocenters. The maximum Gasteiger partial charge on any atom is 0.259 e. The third-order valence-electron chi connectivity index (χ3n) is 5.35. The second-order valence-electron chi connectivity index (χ2n) is 8.11. The highest BCUT2D eigenvalue weighted by molar-refractivity contribution is 9.10. The largest absolute Gasteiger partial charge is 0.493 e. The lowest BCUT2D eigenvalue weighted by molar-refractivity contribution is -0.116. The minimum absolute atomic E-state index is 0.0458. The number of aryl methyl sites for hydroxylation is 1.